The number of nitrogens with zero attached hydrogens (tertiary/aromatic N) is 3. The van der Waals surface area contributed by atoms with E-state index in [1.54, 1.807) is 12.1 Å². The van der Waals surface area contributed by atoms with E-state index < -0.39 is 5.82 Å². The van der Waals surface area contributed by atoms with Crippen LogP contribution in [0.15, 0.2) is 23.2 Å². The van der Waals surface area contributed by atoms with E-state index >= 15 is 0 Å². The second-order valence-electron chi connectivity index (χ2n) is 6.35. The van der Waals surface area contributed by atoms with Crippen LogP contribution in [0.1, 0.15) is 31.7 Å². The number of carbonyl (C=O) groups excluding carboxylic acids is 2. The van der Waals surface area contributed by atoms with Crippen molar-refractivity contribution < 1.29 is 18.7 Å². The molecule has 0 spiro atoms. The molecule has 1 fully saturated rings. The van der Waals surface area contributed by atoms with Crippen LogP contribution in [0.3, 0.4) is 0 Å². The van der Waals surface area contributed by atoms with E-state index in [0.717, 1.165) is 5.56 Å². The summed E-state index contributed by atoms with van der Waals surface area (Å²) in [5, 5.41) is 3.17. The van der Waals surface area contributed by atoms with Gasteiger partial charge in [-0.1, -0.05) is 6.07 Å². The molecular formula is C19H28FIN4O3. The lowest BCUT2D eigenvalue weighted by molar-refractivity contribution is -0.147. The Morgan fingerprint density at radius 1 is 1.32 bits per heavy atom. The molecule has 0 aliphatic carbocycles. The van der Waals surface area contributed by atoms with Gasteiger partial charge in [-0.15, -0.1) is 24.0 Å². The van der Waals surface area contributed by atoms with Crippen molar-refractivity contribution in [1.29, 1.82) is 0 Å². The predicted molar refractivity (Wildman–Crippen MR) is 116 cm³/mol. The molecule has 0 atom stereocenters. The van der Waals surface area contributed by atoms with Crippen LogP contribution in [0.4, 0.5) is 4.39 Å². The molecule has 1 aliphatic rings. The maximum Gasteiger partial charge on any atom is 0.229 e. The summed E-state index contributed by atoms with van der Waals surface area (Å²) in [7, 11) is 3.28. The zero-order chi connectivity index (χ0) is 19.8. The molecule has 1 aromatic rings. The van der Waals surface area contributed by atoms with Crippen LogP contribution in [0.25, 0.3) is 0 Å². The number of piperidine rings is 1. The fourth-order valence-corrected chi connectivity index (χ4v) is 2.93. The Kier molecular flexibility index (Phi) is 10.2. The standard InChI is InChI=1S/C19H27FN4O3.HI/c1-4-21-19(22-10-11-24-17(25)6-5-7-18(24)26)23(2)13-14-8-9-16(27-3)15(20)12-14;/h8-9,12H,4-7,10-11,13H2,1-3H3,(H,21,22);1H. The summed E-state index contributed by atoms with van der Waals surface area (Å²) >= 11 is 0. The third-order valence-corrected chi connectivity index (χ3v) is 4.30. The number of hydrogen-bond donors (Lipinski definition) is 1. The van der Waals surface area contributed by atoms with Crippen LogP contribution in [-0.4, -0.2) is 61.4 Å². The topological polar surface area (TPSA) is 74.2 Å². The van der Waals surface area contributed by atoms with Crippen molar-refractivity contribution in [1.82, 2.24) is 15.1 Å². The number of rotatable bonds is 7. The Bertz CT molecular complexity index is 698. The minimum Gasteiger partial charge on any atom is -0.494 e. The molecule has 1 saturated heterocycles. The van der Waals surface area contributed by atoms with Crippen molar-refractivity contribution in [3.63, 3.8) is 0 Å². The van der Waals surface area contributed by atoms with Gasteiger partial charge in [0.2, 0.25) is 11.8 Å². The van der Waals surface area contributed by atoms with Gasteiger partial charge in [0.15, 0.2) is 17.5 Å². The summed E-state index contributed by atoms with van der Waals surface area (Å²) in [4.78, 5) is 31.3. The number of likely N-dealkylation sites (tertiary alicyclic amines) is 1. The number of benzene rings is 1. The van der Waals surface area contributed by atoms with Gasteiger partial charge in [0.25, 0.3) is 0 Å². The minimum absolute atomic E-state index is 0. The van der Waals surface area contributed by atoms with Crippen molar-refractivity contribution >= 4 is 41.8 Å². The van der Waals surface area contributed by atoms with E-state index in [-0.39, 0.29) is 48.1 Å². The number of carbonyl (C=O) groups is 2. The third kappa shape index (κ3) is 6.61. The first-order valence-electron chi connectivity index (χ1n) is 9.11. The number of amides is 2. The van der Waals surface area contributed by atoms with Gasteiger partial charge in [0.05, 0.1) is 13.7 Å². The number of halogens is 2. The van der Waals surface area contributed by atoms with Crippen LogP contribution in [-0.2, 0) is 16.1 Å². The maximum atomic E-state index is 13.9. The molecule has 2 amide bonds. The molecule has 7 nitrogen and oxygen atoms in total. The summed E-state index contributed by atoms with van der Waals surface area (Å²) < 4.78 is 18.8. The second-order valence-corrected chi connectivity index (χ2v) is 6.35. The normalized spacial score (nSPS) is 14.6. The minimum atomic E-state index is -0.410. The molecule has 0 aromatic heterocycles. The van der Waals surface area contributed by atoms with Gasteiger partial charge in [0.1, 0.15) is 0 Å². The number of aliphatic imine (C=N–C) groups is 1. The average Bonchev–Trinajstić information content (AvgIpc) is 2.63. The zero-order valence-corrected chi connectivity index (χ0v) is 18.9. The molecule has 1 aromatic carbocycles. The summed E-state index contributed by atoms with van der Waals surface area (Å²) in [5.41, 5.74) is 0.780. The summed E-state index contributed by atoms with van der Waals surface area (Å²) in [5.74, 6) is 0.165. The van der Waals surface area contributed by atoms with E-state index in [1.165, 1.54) is 18.1 Å². The van der Waals surface area contributed by atoms with Crippen LogP contribution in [0, 0.1) is 5.82 Å². The van der Waals surface area contributed by atoms with Gasteiger partial charge >= 0.3 is 0 Å². The molecule has 1 aliphatic heterocycles. The third-order valence-electron chi connectivity index (χ3n) is 4.30. The first kappa shape index (κ1) is 24.1. The Morgan fingerprint density at radius 3 is 2.57 bits per heavy atom. The lowest BCUT2D eigenvalue weighted by atomic mass is 10.1. The van der Waals surface area contributed by atoms with E-state index in [4.69, 9.17) is 4.74 Å². The molecule has 0 bridgehead atoms. The second kappa shape index (κ2) is 11.8. The van der Waals surface area contributed by atoms with Crippen LogP contribution in [0.5, 0.6) is 5.75 Å². The summed E-state index contributed by atoms with van der Waals surface area (Å²) in [6.45, 7) is 3.67. The van der Waals surface area contributed by atoms with Gasteiger partial charge in [0, 0.05) is 39.5 Å². The number of nitrogens with one attached hydrogen (secondary N) is 1. The van der Waals surface area contributed by atoms with Crippen LogP contribution in [0.2, 0.25) is 0 Å². The Balaban J connectivity index is 0.00000392. The van der Waals surface area contributed by atoms with Gasteiger partial charge in [-0.2, -0.15) is 0 Å². The highest BCUT2D eigenvalue weighted by molar-refractivity contribution is 14.0. The van der Waals surface area contributed by atoms with Crippen molar-refractivity contribution in [2.75, 3.05) is 33.8 Å². The summed E-state index contributed by atoms with van der Waals surface area (Å²) in [6.07, 6.45) is 1.46. The zero-order valence-electron chi connectivity index (χ0n) is 16.5. The van der Waals surface area contributed by atoms with E-state index in [9.17, 15) is 14.0 Å². The van der Waals surface area contributed by atoms with Gasteiger partial charge in [-0.25, -0.2) is 4.39 Å². The van der Waals surface area contributed by atoms with Crippen molar-refractivity contribution in [2.45, 2.75) is 32.7 Å². The van der Waals surface area contributed by atoms with Gasteiger partial charge in [-0.3, -0.25) is 19.5 Å². The first-order valence-corrected chi connectivity index (χ1v) is 9.11. The average molecular weight is 506 g/mol. The van der Waals surface area contributed by atoms with Crippen LogP contribution < -0.4 is 10.1 Å². The lowest BCUT2D eigenvalue weighted by Crippen LogP contribution is -2.42. The Morgan fingerprint density at radius 2 is 2.00 bits per heavy atom. The molecule has 1 heterocycles. The molecule has 9 heteroatoms. The quantitative estimate of drug-likeness (QED) is 0.266. The highest BCUT2D eigenvalue weighted by Crippen LogP contribution is 2.18. The molecular weight excluding hydrogens is 478 g/mol. The number of methoxy groups -OCH3 is 1. The maximum absolute atomic E-state index is 13.9. The molecule has 1 N–H and O–H groups in total. The Labute approximate surface area is 182 Å². The van der Waals surface area contributed by atoms with E-state index in [0.29, 0.717) is 44.9 Å². The monoisotopic (exact) mass is 506 g/mol. The van der Waals surface area contributed by atoms with E-state index in [2.05, 4.69) is 10.3 Å². The lowest BCUT2D eigenvalue weighted by Gasteiger charge is -2.25. The first-order chi connectivity index (χ1) is 13.0. The smallest absolute Gasteiger partial charge is 0.229 e. The fourth-order valence-electron chi connectivity index (χ4n) is 2.93. The molecule has 28 heavy (non-hydrogen) atoms. The van der Waals surface area contributed by atoms with Gasteiger partial charge in [-0.05, 0) is 31.0 Å². The van der Waals surface area contributed by atoms with Crippen LogP contribution >= 0.6 is 24.0 Å². The van der Waals surface area contributed by atoms with Crippen molar-refractivity contribution in [3.8, 4) is 5.75 Å². The van der Waals surface area contributed by atoms with Crippen molar-refractivity contribution in [2.24, 2.45) is 4.99 Å². The highest BCUT2D eigenvalue weighted by Gasteiger charge is 2.25. The van der Waals surface area contributed by atoms with E-state index in [1.807, 2.05) is 18.9 Å². The number of guanidine groups is 1. The number of ether oxygens (including phenoxy) is 1. The molecule has 0 saturated carbocycles. The van der Waals surface area contributed by atoms with Gasteiger partial charge < -0.3 is 15.0 Å². The summed E-state index contributed by atoms with van der Waals surface area (Å²) in [6, 6.07) is 4.83. The molecule has 0 radical (unpaired) electrons. The molecule has 156 valence electrons. The van der Waals surface area contributed by atoms with Crippen molar-refractivity contribution in [3.05, 3.63) is 29.6 Å². The molecule has 2 rings (SSSR count). The largest absolute Gasteiger partial charge is 0.494 e. The molecule has 0 unspecified atom stereocenters. The SMILES string of the molecule is CCNC(=NCCN1C(=O)CCCC1=O)N(C)Cc1ccc(OC)c(F)c1.I. The highest BCUT2D eigenvalue weighted by atomic mass is 127. The number of hydrogen-bond acceptors (Lipinski definition) is 4. The number of imide groups is 1. The predicted octanol–water partition coefficient (Wildman–Crippen LogP) is 2.39. The Hall–Kier alpha value is -1.91. The fraction of sp³-hybridized carbons (Fsp3) is 0.526.